The average molecular weight is 557 g/mol. The third-order valence-corrected chi connectivity index (χ3v) is 14.9. The summed E-state index contributed by atoms with van der Waals surface area (Å²) in [7, 11) is 0. The maximum Gasteiger partial charge on any atom is 0.331 e. The molecule has 0 aromatic heterocycles. The van der Waals surface area contributed by atoms with E-state index in [4.69, 9.17) is 4.74 Å². The molecule has 0 bridgehead atoms. The normalized spacial score (nSPS) is 46.6. The van der Waals surface area contributed by atoms with Gasteiger partial charge in [0.25, 0.3) is 0 Å². The smallest absolute Gasteiger partial charge is 0.331 e. The molecule has 5 aliphatic carbocycles. The van der Waals surface area contributed by atoms with Crippen LogP contribution in [0.5, 0.6) is 0 Å². The molecule has 2 heteroatoms. The molecule has 2 unspecified atom stereocenters. The maximum atomic E-state index is 13.0. The van der Waals surface area contributed by atoms with Gasteiger partial charge in [0.2, 0.25) is 0 Å². The Hall–Kier alpha value is -1.83. The van der Waals surface area contributed by atoms with Crippen molar-refractivity contribution >= 4 is 12.0 Å². The standard InChI is InChI=1S/C39H56O2/c1-26(2)28-18-21-36(5)24-25-38(7)29(34(28)36)15-16-31-37(6)22-20-32(35(3,4)30(37)19-23-39(31,38)8)41-33(40)17-14-27-12-10-9-11-13-27/h9-14,17,28-32,34H,1,15-16,18-25H2,2-8H3/t28-,29+,30-,31?,32?,34+,36+,37-,38+,39+/m0/s1. The maximum absolute atomic E-state index is 13.0. The summed E-state index contributed by atoms with van der Waals surface area (Å²) in [6, 6.07) is 10.0. The number of carbonyl (C=O) groups is 1. The number of hydrogen-bond donors (Lipinski definition) is 0. The first-order valence-electron chi connectivity index (χ1n) is 16.9. The average Bonchev–Trinajstić information content (AvgIpc) is 3.28. The topological polar surface area (TPSA) is 26.3 Å². The second-order valence-corrected chi connectivity index (χ2v) is 16.9. The third-order valence-electron chi connectivity index (χ3n) is 14.9. The molecular weight excluding hydrogens is 500 g/mol. The highest BCUT2D eigenvalue weighted by atomic mass is 16.5. The first kappa shape index (κ1) is 29.3. The van der Waals surface area contributed by atoms with E-state index in [-0.39, 0.29) is 17.5 Å². The number of carbonyl (C=O) groups excluding carboxylic acids is 1. The Kier molecular flexibility index (Phi) is 7.03. The van der Waals surface area contributed by atoms with Crippen molar-refractivity contribution in [3.8, 4) is 0 Å². The van der Waals surface area contributed by atoms with Crippen molar-refractivity contribution in [1.82, 2.24) is 0 Å². The van der Waals surface area contributed by atoms with E-state index in [1.54, 1.807) is 6.08 Å². The van der Waals surface area contributed by atoms with Crippen LogP contribution in [0.1, 0.15) is 118 Å². The molecule has 0 spiro atoms. The van der Waals surface area contributed by atoms with E-state index in [1.807, 2.05) is 36.4 Å². The molecule has 5 aliphatic rings. The molecule has 10 atom stereocenters. The minimum atomic E-state index is -0.196. The van der Waals surface area contributed by atoms with Crippen LogP contribution in [0.15, 0.2) is 48.6 Å². The van der Waals surface area contributed by atoms with Crippen LogP contribution in [-0.2, 0) is 9.53 Å². The highest BCUT2D eigenvalue weighted by Crippen LogP contribution is 2.77. The molecule has 0 heterocycles. The fourth-order valence-electron chi connectivity index (χ4n) is 12.6. The van der Waals surface area contributed by atoms with Crippen LogP contribution in [-0.4, -0.2) is 12.1 Å². The van der Waals surface area contributed by atoms with E-state index in [0.29, 0.717) is 27.6 Å². The molecule has 5 fully saturated rings. The van der Waals surface area contributed by atoms with Crippen molar-refractivity contribution in [2.75, 3.05) is 0 Å². The lowest BCUT2D eigenvalue weighted by molar-refractivity contribution is -0.248. The lowest BCUT2D eigenvalue weighted by atomic mass is 9.32. The van der Waals surface area contributed by atoms with Gasteiger partial charge in [-0.2, -0.15) is 0 Å². The van der Waals surface area contributed by atoms with Gasteiger partial charge in [0.1, 0.15) is 6.10 Å². The van der Waals surface area contributed by atoms with Gasteiger partial charge in [-0.1, -0.05) is 84.0 Å². The van der Waals surface area contributed by atoms with Crippen LogP contribution in [0.4, 0.5) is 0 Å². The Labute approximate surface area is 250 Å². The summed E-state index contributed by atoms with van der Waals surface area (Å²) in [5, 5.41) is 0. The van der Waals surface area contributed by atoms with E-state index >= 15 is 0 Å². The van der Waals surface area contributed by atoms with Crippen molar-refractivity contribution in [2.24, 2.45) is 56.7 Å². The van der Waals surface area contributed by atoms with E-state index in [2.05, 4.69) is 55.0 Å². The number of allylic oxidation sites excluding steroid dienone is 1. The summed E-state index contributed by atoms with van der Waals surface area (Å²) in [6.45, 7) is 22.4. The number of ether oxygens (including phenoxy) is 1. The van der Waals surface area contributed by atoms with E-state index in [1.165, 1.54) is 63.4 Å². The number of esters is 1. The van der Waals surface area contributed by atoms with Crippen molar-refractivity contribution in [3.63, 3.8) is 0 Å². The molecule has 0 N–H and O–H groups in total. The molecule has 0 saturated heterocycles. The molecular formula is C39H56O2. The largest absolute Gasteiger partial charge is 0.459 e. The molecule has 0 amide bonds. The highest BCUT2D eigenvalue weighted by Gasteiger charge is 2.70. The molecule has 0 aliphatic heterocycles. The predicted octanol–water partition coefficient (Wildman–Crippen LogP) is 10.3. The zero-order chi connectivity index (χ0) is 29.4. The summed E-state index contributed by atoms with van der Waals surface area (Å²) in [5.74, 6) is 3.50. The molecule has 0 radical (unpaired) electrons. The van der Waals surface area contributed by atoms with Gasteiger partial charge in [-0.25, -0.2) is 4.79 Å². The second-order valence-electron chi connectivity index (χ2n) is 16.9. The van der Waals surface area contributed by atoms with E-state index < -0.39 is 0 Å². The fourth-order valence-corrected chi connectivity index (χ4v) is 12.6. The number of fused-ring (bicyclic) bond motifs is 7. The molecule has 6 rings (SSSR count). The van der Waals surface area contributed by atoms with Crippen LogP contribution >= 0.6 is 0 Å². The lowest BCUT2D eigenvalue weighted by Crippen LogP contribution is -2.66. The Bertz CT molecular complexity index is 1210. The minimum Gasteiger partial charge on any atom is -0.459 e. The number of hydrogen-bond acceptors (Lipinski definition) is 2. The predicted molar refractivity (Wildman–Crippen MR) is 170 cm³/mol. The van der Waals surface area contributed by atoms with Crippen LogP contribution in [0.3, 0.4) is 0 Å². The molecule has 1 aromatic carbocycles. The van der Waals surface area contributed by atoms with Gasteiger partial charge in [0.15, 0.2) is 0 Å². The highest BCUT2D eigenvalue weighted by molar-refractivity contribution is 5.87. The summed E-state index contributed by atoms with van der Waals surface area (Å²) in [5.41, 5.74) is 4.05. The lowest BCUT2D eigenvalue weighted by Gasteiger charge is -2.73. The molecule has 1 aromatic rings. The van der Waals surface area contributed by atoms with Gasteiger partial charge in [-0.05, 0) is 134 Å². The number of rotatable bonds is 4. The van der Waals surface area contributed by atoms with Crippen molar-refractivity contribution in [1.29, 1.82) is 0 Å². The van der Waals surface area contributed by atoms with Gasteiger partial charge in [0, 0.05) is 11.5 Å². The molecule has 41 heavy (non-hydrogen) atoms. The molecule has 224 valence electrons. The summed E-state index contributed by atoms with van der Waals surface area (Å²) in [4.78, 5) is 13.0. The van der Waals surface area contributed by atoms with Crippen LogP contribution in [0.25, 0.3) is 6.08 Å². The Morgan fingerprint density at radius 3 is 2.27 bits per heavy atom. The van der Waals surface area contributed by atoms with Crippen LogP contribution in [0, 0.1) is 56.7 Å². The number of benzene rings is 1. The summed E-state index contributed by atoms with van der Waals surface area (Å²) >= 11 is 0. The van der Waals surface area contributed by atoms with Gasteiger partial charge >= 0.3 is 5.97 Å². The quantitative estimate of drug-likeness (QED) is 0.209. The SMILES string of the molecule is C=C(C)[C@@H]1CC[C@]2(C)CC[C@]3(C)[C@H](CCC4[C@@]5(C)CCC(OC(=O)C=Cc6ccccc6)C(C)(C)[C@@H]5CC[C@]43C)[C@@H]12. The van der Waals surface area contributed by atoms with Crippen molar-refractivity contribution in [2.45, 2.75) is 119 Å². The summed E-state index contributed by atoms with van der Waals surface area (Å²) in [6.07, 6.45) is 16.6. The Balaban J connectivity index is 1.24. The van der Waals surface area contributed by atoms with Crippen molar-refractivity contribution < 1.29 is 9.53 Å². The van der Waals surface area contributed by atoms with Gasteiger partial charge in [-0.15, -0.1) is 0 Å². The van der Waals surface area contributed by atoms with Crippen LogP contribution < -0.4 is 0 Å². The van der Waals surface area contributed by atoms with E-state index in [9.17, 15) is 4.79 Å². The molecule has 2 nitrogen and oxygen atoms in total. The van der Waals surface area contributed by atoms with Crippen LogP contribution in [0.2, 0.25) is 0 Å². The third kappa shape index (κ3) is 4.27. The first-order valence-corrected chi connectivity index (χ1v) is 16.9. The minimum absolute atomic E-state index is 0.0185. The monoisotopic (exact) mass is 556 g/mol. The van der Waals surface area contributed by atoms with Gasteiger partial charge in [0.05, 0.1) is 0 Å². The van der Waals surface area contributed by atoms with Gasteiger partial charge in [-0.3, -0.25) is 0 Å². The van der Waals surface area contributed by atoms with E-state index in [0.717, 1.165) is 35.7 Å². The first-order chi connectivity index (χ1) is 19.3. The Morgan fingerprint density at radius 2 is 1.56 bits per heavy atom. The fraction of sp³-hybridized carbons (Fsp3) is 0.718. The molecule has 5 saturated carbocycles. The Morgan fingerprint density at radius 1 is 0.829 bits per heavy atom. The van der Waals surface area contributed by atoms with Gasteiger partial charge < -0.3 is 4.74 Å². The van der Waals surface area contributed by atoms with Crippen molar-refractivity contribution in [3.05, 3.63) is 54.1 Å². The zero-order valence-electron chi connectivity index (χ0n) is 27.1. The second kappa shape index (κ2) is 9.85. The summed E-state index contributed by atoms with van der Waals surface area (Å²) < 4.78 is 6.25. The zero-order valence-corrected chi connectivity index (χ0v) is 27.1.